The maximum Gasteiger partial charge on any atom is 0.129 e. The number of hydrogen-bond acceptors (Lipinski definition) is 5. The zero-order valence-corrected chi connectivity index (χ0v) is 20.6. The van der Waals surface area contributed by atoms with E-state index < -0.39 is 0 Å². The number of nitrogens with zero attached hydrogens (tertiary/aromatic N) is 2. The van der Waals surface area contributed by atoms with Gasteiger partial charge in [-0.1, -0.05) is 46.2 Å². The Morgan fingerprint density at radius 3 is 2.72 bits per heavy atom. The van der Waals surface area contributed by atoms with E-state index in [4.69, 9.17) is 4.74 Å². The van der Waals surface area contributed by atoms with Gasteiger partial charge in [0.25, 0.3) is 0 Å². The molecule has 2 atom stereocenters. The molecule has 0 spiro atoms. The van der Waals surface area contributed by atoms with Crippen LogP contribution in [0.5, 0.6) is 5.75 Å². The zero-order valence-electron chi connectivity index (χ0n) is 17.8. The van der Waals surface area contributed by atoms with Crippen LogP contribution >= 0.6 is 11.3 Å². The molecule has 0 amide bonds. The van der Waals surface area contributed by atoms with Gasteiger partial charge in [0.2, 0.25) is 0 Å². The molecular weight excluding hydrogens is 464 g/mol. The van der Waals surface area contributed by atoms with E-state index >= 15 is 0 Å². The fraction of sp³-hybridized carbons (Fsp3) is 0.565. The van der Waals surface area contributed by atoms with E-state index in [0.29, 0.717) is 12.5 Å². The number of ether oxygens (including phenoxy) is 1. The van der Waals surface area contributed by atoms with Crippen molar-refractivity contribution >= 4 is 17.6 Å². The first kappa shape index (κ1) is 24.2. The number of para-hydroxylation sites is 1. The third-order valence-corrected chi connectivity index (χ3v) is 6.45. The van der Waals surface area contributed by atoms with Crippen LogP contribution in [0.2, 0.25) is 0 Å². The first-order chi connectivity index (χ1) is 13.4. The summed E-state index contributed by atoms with van der Waals surface area (Å²) in [6.45, 7) is 12.3. The van der Waals surface area contributed by atoms with Gasteiger partial charge in [0.15, 0.2) is 0 Å². The monoisotopic (exact) mass is 497 g/mol. The normalized spacial score (nSPS) is 20.1. The molecule has 4 nitrogen and oxygen atoms in total. The Bertz CT molecular complexity index is 787. The van der Waals surface area contributed by atoms with E-state index in [2.05, 4.69) is 49.9 Å². The van der Waals surface area contributed by atoms with Crippen molar-refractivity contribution in [1.29, 1.82) is 0 Å². The smallest absolute Gasteiger partial charge is 0.129 e. The molecule has 0 unspecified atom stereocenters. The number of rotatable bonds is 7. The summed E-state index contributed by atoms with van der Waals surface area (Å²) < 4.78 is 5.89. The Morgan fingerprint density at radius 1 is 1.28 bits per heavy atom. The van der Waals surface area contributed by atoms with Crippen LogP contribution in [0.4, 0.5) is 0 Å². The Balaban J connectivity index is 0.00000300. The first-order valence-corrected chi connectivity index (χ1v) is 11.0. The van der Waals surface area contributed by atoms with Crippen molar-refractivity contribution in [2.45, 2.75) is 47.1 Å². The van der Waals surface area contributed by atoms with Gasteiger partial charge in [-0.15, -0.1) is 17.3 Å². The Morgan fingerprint density at radius 2 is 2.03 bits per heavy atom. The molecule has 0 radical (unpaired) electrons. The summed E-state index contributed by atoms with van der Waals surface area (Å²) in [5.41, 5.74) is 1.25. The van der Waals surface area contributed by atoms with Gasteiger partial charge in [-0.25, -0.2) is 4.98 Å². The average molecular weight is 496 g/mol. The van der Waals surface area contributed by atoms with Gasteiger partial charge in [-0.3, -0.25) is 11.2 Å². The molecule has 1 aliphatic heterocycles. The van der Waals surface area contributed by atoms with Crippen LogP contribution in [-0.2, 0) is 32.4 Å². The van der Waals surface area contributed by atoms with Crippen molar-refractivity contribution in [2.24, 2.45) is 17.3 Å². The van der Waals surface area contributed by atoms with Crippen LogP contribution in [0.15, 0.2) is 30.5 Å². The first-order valence-electron chi connectivity index (χ1n) is 10.2. The largest absolute Gasteiger partial charge is 0.541 e. The van der Waals surface area contributed by atoms with Gasteiger partial charge < -0.3 is 9.53 Å². The van der Waals surface area contributed by atoms with Gasteiger partial charge >= 0.3 is 0 Å². The second kappa shape index (κ2) is 10.8. The fourth-order valence-electron chi connectivity index (χ4n) is 3.74. The fourth-order valence-corrected chi connectivity index (χ4v) is 4.72. The number of piperidine rings is 1. The van der Waals surface area contributed by atoms with Crippen molar-refractivity contribution in [3.8, 4) is 16.3 Å². The van der Waals surface area contributed by atoms with Gasteiger partial charge in [0, 0.05) is 45.2 Å². The Hall–Kier alpha value is -1.03. The molecule has 0 saturated carbocycles. The molecular formula is C23H31MoN2O2S-. The van der Waals surface area contributed by atoms with E-state index in [1.165, 1.54) is 4.88 Å². The summed E-state index contributed by atoms with van der Waals surface area (Å²) in [6, 6.07) is 8.11. The van der Waals surface area contributed by atoms with E-state index in [1.54, 1.807) is 11.3 Å². The minimum atomic E-state index is 0. The third-order valence-electron chi connectivity index (χ3n) is 5.43. The maximum atomic E-state index is 11.4. The minimum Gasteiger partial charge on any atom is -0.541 e. The molecule has 0 aliphatic carbocycles. The molecule has 1 fully saturated rings. The van der Waals surface area contributed by atoms with Gasteiger partial charge in [-0.05, 0) is 36.4 Å². The molecule has 1 aromatic heterocycles. The third kappa shape index (κ3) is 6.47. The summed E-state index contributed by atoms with van der Waals surface area (Å²) in [5.74, 6) is 1.41. The quantitative estimate of drug-likeness (QED) is 0.392. The predicted octanol–water partition coefficient (Wildman–Crippen LogP) is 5.19. The average Bonchev–Trinajstić information content (AvgIpc) is 3.13. The Labute approximate surface area is 193 Å². The molecule has 29 heavy (non-hydrogen) atoms. The predicted molar refractivity (Wildman–Crippen MR) is 115 cm³/mol. The van der Waals surface area contributed by atoms with E-state index in [1.807, 2.05) is 24.4 Å². The van der Waals surface area contributed by atoms with Gasteiger partial charge in [0.05, 0.1) is 12.2 Å². The molecule has 2 heterocycles. The Kier molecular flexibility index (Phi) is 9.06. The molecule has 3 rings (SSSR count). The number of aromatic nitrogens is 1. The van der Waals surface area contributed by atoms with Crippen LogP contribution in [0.25, 0.3) is 10.6 Å². The van der Waals surface area contributed by atoms with Gasteiger partial charge in [-0.2, -0.15) is 0 Å². The van der Waals surface area contributed by atoms with Crippen molar-refractivity contribution < 1.29 is 30.6 Å². The summed E-state index contributed by atoms with van der Waals surface area (Å²) >= 11 is 1.71. The standard InChI is InChI=1S/C23H31N2O2S.Mo/c1-5-10-27-21-9-7-6-8-20(21)22-24-12-19(28-22)15-25-13-17(16-26)11-18(14-25)23(2,3)4;/h6-9,12,17-18H,5,10-11,13-15H2,1-4H3;/q-1;/t17-,18-;/m1./s1. The molecule has 158 valence electrons. The molecule has 2 aromatic rings. The molecule has 0 N–H and O–H groups in total. The SMILES string of the molecule is CCCOc1ccccc1-c1ncc(CN2C[C@H]([C-]=O)C[C@@H](C(C)(C)C)C2)s1.[Mo]. The molecule has 0 bridgehead atoms. The van der Waals surface area contributed by atoms with Crippen LogP contribution in [0.3, 0.4) is 0 Å². The second-order valence-electron chi connectivity index (χ2n) is 8.78. The molecule has 1 aromatic carbocycles. The maximum absolute atomic E-state index is 11.4. The van der Waals surface area contributed by atoms with Gasteiger partial charge in [0.1, 0.15) is 10.8 Å². The van der Waals surface area contributed by atoms with Crippen LogP contribution < -0.4 is 4.74 Å². The summed E-state index contributed by atoms with van der Waals surface area (Å²) in [5, 5.41) is 0.990. The topological polar surface area (TPSA) is 42.4 Å². The van der Waals surface area contributed by atoms with Crippen molar-refractivity contribution in [1.82, 2.24) is 9.88 Å². The zero-order chi connectivity index (χ0) is 20.1. The van der Waals surface area contributed by atoms with Crippen molar-refractivity contribution in [2.75, 3.05) is 19.7 Å². The molecule has 1 aliphatic rings. The van der Waals surface area contributed by atoms with Crippen LogP contribution in [0.1, 0.15) is 45.4 Å². The number of likely N-dealkylation sites (tertiary alicyclic amines) is 1. The summed E-state index contributed by atoms with van der Waals surface area (Å²) in [7, 11) is 0. The number of carbonyl (C=O) groups excluding carboxylic acids is 1. The van der Waals surface area contributed by atoms with Crippen LogP contribution in [-0.4, -0.2) is 35.9 Å². The summed E-state index contributed by atoms with van der Waals surface area (Å²) in [6.07, 6.45) is 6.16. The second-order valence-corrected chi connectivity index (χ2v) is 9.90. The van der Waals surface area contributed by atoms with E-state index in [0.717, 1.165) is 48.8 Å². The van der Waals surface area contributed by atoms with Crippen LogP contribution in [0, 0.1) is 17.3 Å². The minimum absolute atomic E-state index is 0. The number of benzene rings is 1. The van der Waals surface area contributed by atoms with Crippen molar-refractivity contribution in [3.05, 3.63) is 35.3 Å². The van der Waals surface area contributed by atoms with E-state index in [-0.39, 0.29) is 32.4 Å². The van der Waals surface area contributed by atoms with E-state index in [9.17, 15) is 4.79 Å². The molecule has 1 saturated heterocycles. The number of thiazole rings is 1. The number of hydrogen-bond donors (Lipinski definition) is 0. The molecule has 6 heteroatoms. The van der Waals surface area contributed by atoms with Crippen molar-refractivity contribution in [3.63, 3.8) is 0 Å². The summed E-state index contributed by atoms with van der Waals surface area (Å²) in [4.78, 5) is 19.6.